The Balaban J connectivity index is 1.83. The molecule has 8 nitrogen and oxygen atoms in total. The molecule has 2 aliphatic heterocycles. The minimum Gasteiger partial charge on any atom is -0.457 e. The van der Waals surface area contributed by atoms with Crippen molar-refractivity contribution < 1.29 is 38.7 Å². The van der Waals surface area contributed by atoms with Crippen LogP contribution in [0.2, 0.25) is 0 Å². The molecular formula is C14H22O8. The topological polar surface area (TPSA) is 112 Å². The molecule has 2 fully saturated rings. The SMILES string of the molecule is CC(O)CC(=O)O[C@H]1COC2C1OC[C@H]2OC(=O)CC(C)O. The van der Waals surface area contributed by atoms with Crippen LogP contribution >= 0.6 is 0 Å². The standard InChI is InChI=1S/C14H22O8/c1-7(15)3-11(17)21-9-5-19-14-10(6-20-13(9)14)22-12(18)4-8(2)16/h7-10,13-16H,3-6H2,1-2H3/t7?,8?,9-,10+,13?,14?. The Kier molecular flexibility index (Phi) is 5.74. The van der Waals surface area contributed by atoms with Crippen LogP contribution in [-0.4, -0.2) is 72.0 Å². The van der Waals surface area contributed by atoms with Crippen molar-refractivity contribution in [3.05, 3.63) is 0 Å². The number of aliphatic hydroxyl groups is 2. The molecule has 2 rings (SSSR count). The first kappa shape index (κ1) is 17.1. The quantitative estimate of drug-likeness (QED) is 0.609. The van der Waals surface area contributed by atoms with E-state index in [2.05, 4.69) is 0 Å². The summed E-state index contributed by atoms with van der Waals surface area (Å²) >= 11 is 0. The van der Waals surface area contributed by atoms with Crippen LogP contribution in [0, 0.1) is 0 Å². The van der Waals surface area contributed by atoms with Gasteiger partial charge in [0.1, 0.15) is 12.2 Å². The average Bonchev–Trinajstić information content (AvgIpc) is 2.92. The second kappa shape index (κ2) is 7.36. The van der Waals surface area contributed by atoms with Gasteiger partial charge >= 0.3 is 11.9 Å². The second-order valence-corrected chi connectivity index (χ2v) is 5.76. The third kappa shape index (κ3) is 4.39. The number of aliphatic hydroxyl groups excluding tert-OH is 2. The number of ether oxygens (including phenoxy) is 4. The van der Waals surface area contributed by atoms with Crippen LogP contribution < -0.4 is 0 Å². The van der Waals surface area contributed by atoms with Crippen LogP contribution in [-0.2, 0) is 28.5 Å². The molecule has 2 aliphatic rings. The third-order valence-electron chi connectivity index (χ3n) is 3.45. The normalized spacial score (nSPS) is 33.1. The van der Waals surface area contributed by atoms with Crippen molar-refractivity contribution in [3.63, 3.8) is 0 Å². The smallest absolute Gasteiger partial charge is 0.308 e. The molecule has 2 N–H and O–H groups in total. The lowest BCUT2D eigenvalue weighted by atomic mass is 10.1. The number of carbonyl (C=O) groups is 2. The average molecular weight is 318 g/mol. The molecule has 0 radical (unpaired) electrons. The van der Waals surface area contributed by atoms with Gasteiger partial charge in [-0.05, 0) is 13.8 Å². The molecule has 4 unspecified atom stereocenters. The van der Waals surface area contributed by atoms with Crippen molar-refractivity contribution in [3.8, 4) is 0 Å². The zero-order valence-electron chi connectivity index (χ0n) is 12.6. The molecule has 0 spiro atoms. The Hall–Kier alpha value is -1.22. The molecule has 0 aliphatic carbocycles. The molecule has 0 amide bonds. The van der Waals surface area contributed by atoms with Gasteiger partial charge in [-0.1, -0.05) is 0 Å². The largest absolute Gasteiger partial charge is 0.457 e. The van der Waals surface area contributed by atoms with Gasteiger partial charge in [0, 0.05) is 0 Å². The number of fused-ring (bicyclic) bond motifs is 1. The van der Waals surface area contributed by atoms with E-state index in [1.165, 1.54) is 13.8 Å². The van der Waals surface area contributed by atoms with Gasteiger partial charge in [0.25, 0.3) is 0 Å². The van der Waals surface area contributed by atoms with E-state index >= 15 is 0 Å². The number of esters is 2. The van der Waals surface area contributed by atoms with E-state index in [1.54, 1.807) is 0 Å². The Morgan fingerprint density at radius 3 is 1.64 bits per heavy atom. The molecule has 0 aromatic heterocycles. The third-order valence-corrected chi connectivity index (χ3v) is 3.45. The van der Waals surface area contributed by atoms with Crippen molar-refractivity contribution in [1.29, 1.82) is 0 Å². The second-order valence-electron chi connectivity index (χ2n) is 5.76. The summed E-state index contributed by atoms with van der Waals surface area (Å²) in [4.78, 5) is 23.1. The van der Waals surface area contributed by atoms with Gasteiger partial charge < -0.3 is 29.2 Å². The van der Waals surface area contributed by atoms with Gasteiger partial charge in [-0.2, -0.15) is 0 Å². The number of hydrogen-bond acceptors (Lipinski definition) is 8. The Labute approximate surface area is 128 Å². The van der Waals surface area contributed by atoms with E-state index in [0.717, 1.165) is 0 Å². The fraction of sp³-hybridized carbons (Fsp3) is 0.857. The van der Waals surface area contributed by atoms with E-state index in [0.29, 0.717) is 0 Å². The molecule has 2 heterocycles. The van der Waals surface area contributed by atoms with Gasteiger partial charge in [0.2, 0.25) is 0 Å². The highest BCUT2D eigenvalue weighted by Crippen LogP contribution is 2.31. The molecule has 6 atom stereocenters. The maximum absolute atomic E-state index is 11.6. The van der Waals surface area contributed by atoms with Crippen molar-refractivity contribution >= 4 is 11.9 Å². The van der Waals surface area contributed by atoms with Crippen molar-refractivity contribution in [2.75, 3.05) is 13.2 Å². The van der Waals surface area contributed by atoms with Crippen LogP contribution in [0.15, 0.2) is 0 Å². The van der Waals surface area contributed by atoms with Crippen molar-refractivity contribution in [2.24, 2.45) is 0 Å². The van der Waals surface area contributed by atoms with E-state index < -0.39 is 48.6 Å². The van der Waals surface area contributed by atoms with Crippen molar-refractivity contribution in [2.45, 2.75) is 63.3 Å². The summed E-state index contributed by atoms with van der Waals surface area (Å²) in [5.74, 6) is -1.05. The lowest BCUT2D eigenvalue weighted by molar-refractivity contribution is -0.157. The first-order valence-electron chi connectivity index (χ1n) is 7.35. The first-order valence-corrected chi connectivity index (χ1v) is 7.35. The minimum absolute atomic E-state index is 0.0965. The van der Waals surface area contributed by atoms with Crippen molar-refractivity contribution in [1.82, 2.24) is 0 Å². The summed E-state index contributed by atoms with van der Waals surface area (Å²) < 4.78 is 21.5. The van der Waals surface area contributed by atoms with Crippen LogP contribution in [0.3, 0.4) is 0 Å². The summed E-state index contributed by atoms with van der Waals surface area (Å²) in [5, 5.41) is 18.3. The van der Waals surface area contributed by atoms with Crippen LogP contribution in [0.1, 0.15) is 26.7 Å². The number of rotatable bonds is 6. The molecule has 0 saturated carbocycles. The van der Waals surface area contributed by atoms with Gasteiger partial charge in [0.15, 0.2) is 12.2 Å². The summed E-state index contributed by atoms with van der Waals surface area (Å²) in [7, 11) is 0. The lowest BCUT2D eigenvalue weighted by Gasteiger charge is -2.17. The summed E-state index contributed by atoms with van der Waals surface area (Å²) in [6, 6.07) is 0. The van der Waals surface area contributed by atoms with E-state index in [-0.39, 0.29) is 26.1 Å². The number of hydrogen-bond donors (Lipinski definition) is 2. The van der Waals surface area contributed by atoms with Gasteiger partial charge in [-0.25, -0.2) is 0 Å². The van der Waals surface area contributed by atoms with Gasteiger partial charge in [0.05, 0.1) is 38.3 Å². The predicted molar refractivity (Wildman–Crippen MR) is 71.8 cm³/mol. The summed E-state index contributed by atoms with van der Waals surface area (Å²) in [5.41, 5.74) is 0. The Bertz CT molecular complexity index is 370. The predicted octanol–water partition coefficient (Wildman–Crippen LogP) is -0.851. The molecule has 0 aromatic carbocycles. The van der Waals surface area contributed by atoms with E-state index in [4.69, 9.17) is 29.2 Å². The highest BCUT2D eigenvalue weighted by Gasteiger charge is 2.51. The van der Waals surface area contributed by atoms with Crippen LogP contribution in [0.4, 0.5) is 0 Å². The Morgan fingerprint density at radius 1 is 0.955 bits per heavy atom. The summed E-state index contributed by atoms with van der Waals surface area (Å²) in [6.45, 7) is 3.31. The highest BCUT2D eigenvalue weighted by atomic mass is 16.7. The van der Waals surface area contributed by atoms with Crippen LogP contribution in [0.5, 0.6) is 0 Å². The fourth-order valence-electron chi connectivity index (χ4n) is 2.55. The molecule has 0 aromatic rings. The first-order chi connectivity index (χ1) is 10.4. The van der Waals surface area contributed by atoms with E-state index in [9.17, 15) is 9.59 Å². The number of carbonyl (C=O) groups excluding carboxylic acids is 2. The molecular weight excluding hydrogens is 296 g/mol. The molecule has 8 heteroatoms. The van der Waals surface area contributed by atoms with E-state index in [1.807, 2.05) is 0 Å². The van der Waals surface area contributed by atoms with Gasteiger partial charge in [-0.15, -0.1) is 0 Å². The fourth-order valence-corrected chi connectivity index (χ4v) is 2.55. The minimum atomic E-state index is -0.774. The highest BCUT2D eigenvalue weighted by molar-refractivity contribution is 5.70. The Morgan fingerprint density at radius 2 is 1.32 bits per heavy atom. The lowest BCUT2D eigenvalue weighted by Crippen LogP contribution is -2.36. The maximum atomic E-state index is 11.6. The molecule has 2 saturated heterocycles. The zero-order valence-corrected chi connectivity index (χ0v) is 12.6. The van der Waals surface area contributed by atoms with Crippen LogP contribution in [0.25, 0.3) is 0 Å². The maximum Gasteiger partial charge on any atom is 0.308 e. The monoisotopic (exact) mass is 318 g/mol. The van der Waals surface area contributed by atoms with Gasteiger partial charge in [-0.3, -0.25) is 9.59 Å². The summed E-state index contributed by atoms with van der Waals surface area (Å²) in [6.07, 6.45) is -3.85. The zero-order chi connectivity index (χ0) is 16.3. The molecule has 0 bridgehead atoms. The molecule has 126 valence electrons. The molecule has 22 heavy (non-hydrogen) atoms.